The molecule has 0 aromatic rings. The first-order valence-electron chi connectivity index (χ1n) is 8.74. The van der Waals surface area contributed by atoms with Crippen molar-refractivity contribution in [1.82, 2.24) is 0 Å². The van der Waals surface area contributed by atoms with Gasteiger partial charge in [-0.3, -0.25) is 0 Å². The number of hydrogen-bond donors (Lipinski definition) is 1. The van der Waals surface area contributed by atoms with Gasteiger partial charge in [-0.15, -0.1) is 0 Å². The highest BCUT2D eigenvalue weighted by Gasteiger charge is 2.20. The predicted octanol–water partition coefficient (Wildman–Crippen LogP) is 3.65. The summed E-state index contributed by atoms with van der Waals surface area (Å²) in [5, 5.41) is 0. The van der Waals surface area contributed by atoms with Crippen molar-refractivity contribution in [3.05, 3.63) is 0 Å². The van der Waals surface area contributed by atoms with Crippen molar-refractivity contribution in [3.8, 4) is 0 Å². The molecule has 2 fully saturated rings. The van der Waals surface area contributed by atoms with Crippen molar-refractivity contribution in [3.63, 3.8) is 0 Å². The lowest BCUT2D eigenvalue weighted by Gasteiger charge is -2.28. The summed E-state index contributed by atoms with van der Waals surface area (Å²) < 4.78 is 11.9. The molecule has 0 aromatic heterocycles. The zero-order chi connectivity index (χ0) is 14.2. The Morgan fingerprint density at radius 3 is 2.20 bits per heavy atom. The highest BCUT2D eigenvalue weighted by molar-refractivity contribution is 4.73. The van der Waals surface area contributed by atoms with Crippen molar-refractivity contribution in [2.24, 2.45) is 11.7 Å². The second-order valence-corrected chi connectivity index (χ2v) is 6.80. The smallest absolute Gasteiger partial charge is 0.0720 e. The fourth-order valence-corrected chi connectivity index (χ4v) is 3.38. The van der Waals surface area contributed by atoms with Crippen molar-refractivity contribution in [2.75, 3.05) is 13.2 Å². The van der Waals surface area contributed by atoms with Gasteiger partial charge < -0.3 is 15.2 Å². The largest absolute Gasteiger partial charge is 0.377 e. The first-order chi connectivity index (χ1) is 9.75. The Morgan fingerprint density at radius 2 is 1.55 bits per heavy atom. The summed E-state index contributed by atoms with van der Waals surface area (Å²) in [4.78, 5) is 0. The summed E-state index contributed by atoms with van der Waals surface area (Å²) in [7, 11) is 0. The SMILES string of the molecule is C[C@@H](OCC1CCCCC1)[C@H](N)COC1CCCCC1. The van der Waals surface area contributed by atoms with Gasteiger partial charge in [0.1, 0.15) is 0 Å². The van der Waals surface area contributed by atoms with Crippen molar-refractivity contribution >= 4 is 0 Å². The monoisotopic (exact) mass is 283 g/mol. The molecule has 2 aliphatic carbocycles. The van der Waals surface area contributed by atoms with Crippen LogP contribution in [-0.2, 0) is 9.47 Å². The lowest BCUT2D eigenvalue weighted by molar-refractivity contribution is -0.0293. The van der Waals surface area contributed by atoms with Gasteiger partial charge in [0.2, 0.25) is 0 Å². The third-order valence-corrected chi connectivity index (χ3v) is 5.00. The molecule has 0 saturated heterocycles. The number of rotatable bonds is 7. The molecule has 0 unspecified atom stereocenters. The molecule has 3 heteroatoms. The van der Waals surface area contributed by atoms with E-state index in [0.29, 0.717) is 12.7 Å². The molecule has 0 bridgehead atoms. The predicted molar refractivity (Wildman–Crippen MR) is 82.8 cm³/mol. The summed E-state index contributed by atoms with van der Waals surface area (Å²) in [6.45, 7) is 3.63. The summed E-state index contributed by atoms with van der Waals surface area (Å²) >= 11 is 0. The van der Waals surface area contributed by atoms with E-state index in [9.17, 15) is 0 Å². The zero-order valence-corrected chi connectivity index (χ0v) is 13.2. The quantitative estimate of drug-likeness (QED) is 0.775. The van der Waals surface area contributed by atoms with E-state index in [2.05, 4.69) is 6.92 Å². The van der Waals surface area contributed by atoms with Crippen LogP contribution in [-0.4, -0.2) is 31.5 Å². The van der Waals surface area contributed by atoms with E-state index in [-0.39, 0.29) is 12.1 Å². The lowest BCUT2D eigenvalue weighted by atomic mass is 9.90. The van der Waals surface area contributed by atoms with E-state index in [1.54, 1.807) is 0 Å². The van der Waals surface area contributed by atoms with Crippen molar-refractivity contribution in [1.29, 1.82) is 0 Å². The first kappa shape index (κ1) is 16.3. The Kier molecular flexibility index (Phi) is 7.32. The van der Waals surface area contributed by atoms with E-state index in [0.717, 1.165) is 12.5 Å². The zero-order valence-electron chi connectivity index (χ0n) is 13.2. The Bertz CT molecular complexity index is 221. The van der Waals surface area contributed by atoms with Crippen LogP contribution in [0, 0.1) is 5.92 Å². The molecule has 3 nitrogen and oxygen atoms in total. The minimum atomic E-state index is 0.0144. The molecule has 118 valence electrons. The molecule has 2 aliphatic rings. The Hall–Kier alpha value is -0.120. The molecule has 0 aromatic carbocycles. The molecule has 20 heavy (non-hydrogen) atoms. The fraction of sp³-hybridized carbons (Fsp3) is 1.00. The van der Waals surface area contributed by atoms with Gasteiger partial charge in [-0.05, 0) is 38.5 Å². The maximum absolute atomic E-state index is 6.20. The normalized spacial score (nSPS) is 25.5. The molecule has 0 radical (unpaired) electrons. The van der Waals surface area contributed by atoms with Gasteiger partial charge in [0.15, 0.2) is 0 Å². The fourth-order valence-electron chi connectivity index (χ4n) is 3.38. The summed E-state index contributed by atoms with van der Waals surface area (Å²) in [6, 6.07) is 0.0144. The van der Waals surface area contributed by atoms with E-state index in [1.807, 2.05) is 0 Å². The summed E-state index contributed by atoms with van der Waals surface area (Å²) in [5.74, 6) is 0.762. The maximum atomic E-state index is 6.20. The third kappa shape index (κ3) is 5.71. The van der Waals surface area contributed by atoms with Crippen LogP contribution in [0.2, 0.25) is 0 Å². The highest BCUT2D eigenvalue weighted by atomic mass is 16.5. The standard InChI is InChI=1S/C17H33NO2/c1-14(19-12-15-8-4-2-5-9-15)17(18)13-20-16-10-6-3-7-11-16/h14-17H,2-13,18H2,1H3/t14-,17-/m1/s1. The topological polar surface area (TPSA) is 44.5 Å². The molecule has 2 saturated carbocycles. The van der Waals surface area contributed by atoms with Gasteiger partial charge in [-0.1, -0.05) is 38.5 Å². The van der Waals surface area contributed by atoms with Crippen LogP contribution < -0.4 is 5.73 Å². The van der Waals surface area contributed by atoms with Gasteiger partial charge in [-0.25, -0.2) is 0 Å². The van der Waals surface area contributed by atoms with Crippen molar-refractivity contribution in [2.45, 2.75) is 89.4 Å². The molecule has 0 spiro atoms. The first-order valence-corrected chi connectivity index (χ1v) is 8.74. The highest BCUT2D eigenvalue weighted by Crippen LogP contribution is 2.24. The van der Waals surface area contributed by atoms with Crippen LogP contribution in [0.1, 0.15) is 71.1 Å². The van der Waals surface area contributed by atoms with Crippen LogP contribution in [0.3, 0.4) is 0 Å². The number of ether oxygens (including phenoxy) is 2. The average Bonchev–Trinajstić information content (AvgIpc) is 2.52. The van der Waals surface area contributed by atoms with E-state index in [1.165, 1.54) is 64.2 Å². The average molecular weight is 283 g/mol. The molecule has 0 aliphatic heterocycles. The molecular weight excluding hydrogens is 250 g/mol. The van der Waals surface area contributed by atoms with E-state index in [4.69, 9.17) is 15.2 Å². The molecule has 0 heterocycles. The molecule has 0 amide bonds. The van der Waals surface area contributed by atoms with Crippen LogP contribution in [0.15, 0.2) is 0 Å². The molecule has 2 rings (SSSR count). The van der Waals surface area contributed by atoms with Gasteiger partial charge in [0.25, 0.3) is 0 Å². The maximum Gasteiger partial charge on any atom is 0.0720 e. The molecule has 2 atom stereocenters. The van der Waals surface area contributed by atoms with E-state index >= 15 is 0 Å². The Labute approximate surface area is 124 Å². The Balaban J connectivity index is 1.57. The van der Waals surface area contributed by atoms with E-state index < -0.39 is 0 Å². The molecule has 2 N–H and O–H groups in total. The van der Waals surface area contributed by atoms with Gasteiger partial charge in [-0.2, -0.15) is 0 Å². The minimum Gasteiger partial charge on any atom is -0.377 e. The minimum absolute atomic E-state index is 0.0144. The number of hydrogen-bond acceptors (Lipinski definition) is 3. The van der Waals surface area contributed by atoms with Crippen LogP contribution in [0.5, 0.6) is 0 Å². The van der Waals surface area contributed by atoms with Crippen LogP contribution in [0.4, 0.5) is 0 Å². The van der Waals surface area contributed by atoms with Crippen LogP contribution in [0.25, 0.3) is 0 Å². The van der Waals surface area contributed by atoms with Crippen molar-refractivity contribution < 1.29 is 9.47 Å². The lowest BCUT2D eigenvalue weighted by Crippen LogP contribution is -2.40. The Morgan fingerprint density at radius 1 is 0.950 bits per heavy atom. The van der Waals surface area contributed by atoms with Crippen LogP contribution >= 0.6 is 0 Å². The van der Waals surface area contributed by atoms with Gasteiger partial charge in [0, 0.05) is 6.61 Å². The summed E-state index contributed by atoms with van der Waals surface area (Å²) in [6.07, 6.45) is 13.8. The second kappa shape index (κ2) is 9.01. The third-order valence-electron chi connectivity index (χ3n) is 5.00. The number of nitrogens with two attached hydrogens (primary N) is 1. The van der Waals surface area contributed by atoms with Gasteiger partial charge >= 0.3 is 0 Å². The molecular formula is C17H33NO2. The second-order valence-electron chi connectivity index (χ2n) is 6.80. The van der Waals surface area contributed by atoms with Gasteiger partial charge in [0.05, 0.1) is 24.9 Å². The summed E-state index contributed by atoms with van der Waals surface area (Å²) in [5.41, 5.74) is 6.20.